The predicted molar refractivity (Wildman–Crippen MR) is 41.4 cm³/mol. The Hall–Kier alpha value is -0.280. The number of aliphatic hydroxyl groups excluding tert-OH is 3. The smallest absolute Gasteiger partial charge is 0.288 e. The fraction of sp³-hybridized carbons (Fsp3) is 1.00. The highest BCUT2D eigenvalue weighted by atomic mass is 16.7. The summed E-state index contributed by atoms with van der Waals surface area (Å²) in [6.07, 6.45) is 0. The summed E-state index contributed by atoms with van der Waals surface area (Å²) in [5.41, 5.74) is -1.43. The van der Waals surface area contributed by atoms with Gasteiger partial charge < -0.3 is 30.6 Å². The van der Waals surface area contributed by atoms with E-state index in [4.69, 9.17) is 30.6 Å². The molecule has 7 N–H and O–H groups in total. The van der Waals surface area contributed by atoms with Gasteiger partial charge >= 0.3 is 0 Å². The minimum atomic E-state index is -2.94. The van der Waals surface area contributed by atoms with E-state index in [9.17, 15) is 0 Å². The molecule has 0 heterocycles. The minimum Gasteiger partial charge on any atom is -0.394 e. The average molecular weight is 197 g/mol. The van der Waals surface area contributed by atoms with Crippen LogP contribution >= 0.6 is 0 Å². The molecule has 0 saturated heterocycles. The van der Waals surface area contributed by atoms with Gasteiger partial charge in [0.2, 0.25) is 0 Å². The maximum absolute atomic E-state index is 8.75. The molecule has 7 heteroatoms. The second-order valence-electron chi connectivity index (χ2n) is 2.88. The van der Waals surface area contributed by atoms with Gasteiger partial charge in [-0.05, 0) is 0 Å². The number of aliphatic hydroxyl groups is 6. The Kier molecular flexibility index (Phi) is 4.71. The van der Waals surface area contributed by atoms with Crippen molar-refractivity contribution in [3.05, 3.63) is 0 Å². The largest absolute Gasteiger partial charge is 0.394 e. The lowest BCUT2D eigenvalue weighted by atomic mass is 10.0. The lowest BCUT2D eigenvalue weighted by molar-refractivity contribution is -0.308. The van der Waals surface area contributed by atoms with Gasteiger partial charge in [-0.2, -0.15) is 0 Å². The van der Waals surface area contributed by atoms with Gasteiger partial charge in [0.25, 0.3) is 5.97 Å². The molecule has 0 amide bonds. The maximum Gasteiger partial charge on any atom is 0.288 e. The van der Waals surface area contributed by atoms with Crippen molar-refractivity contribution in [3.8, 4) is 0 Å². The zero-order chi connectivity index (χ0) is 10.5. The van der Waals surface area contributed by atoms with Gasteiger partial charge in [-0.15, -0.1) is 0 Å². The van der Waals surface area contributed by atoms with Gasteiger partial charge in [-0.3, -0.25) is 5.32 Å². The first-order valence-electron chi connectivity index (χ1n) is 3.64. The second-order valence-corrected chi connectivity index (χ2v) is 2.88. The normalized spacial score (nSPS) is 13.4. The van der Waals surface area contributed by atoms with Crippen molar-refractivity contribution >= 4 is 0 Å². The van der Waals surface area contributed by atoms with E-state index in [0.29, 0.717) is 0 Å². The SMILES string of the molecule is OCC(CO)(CO)NCC(O)(O)O. The Bertz CT molecular complexity index is 132. The van der Waals surface area contributed by atoms with Crippen LogP contribution in [-0.2, 0) is 0 Å². The first kappa shape index (κ1) is 12.7. The van der Waals surface area contributed by atoms with Crippen LogP contribution in [0.2, 0.25) is 0 Å². The van der Waals surface area contributed by atoms with Crippen LogP contribution in [0.25, 0.3) is 0 Å². The molecule has 0 aliphatic carbocycles. The predicted octanol–water partition coefficient (Wildman–Crippen LogP) is -4.08. The summed E-state index contributed by atoms with van der Waals surface area (Å²) in [4.78, 5) is 0. The molecule has 0 aliphatic heterocycles. The third kappa shape index (κ3) is 4.48. The van der Waals surface area contributed by atoms with Crippen LogP contribution < -0.4 is 5.32 Å². The van der Waals surface area contributed by atoms with Crippen LogP contribution in [0, 0.1) is 0 Å². The van der Waals surface area contributed by atoms with Crippen molar-refractivity contribution in [1.82, 2.24) is 5.32 Å². The average Bonchev–Trinajstić information content (AvgIpc) is 2.06. The lowest BCUT2D eigenvalue weighted by Crippen LogP contribution is -2.59. The summed E-state index contributed by atoms with van der Waals surface area (Å²) in [7, 11) is 0. The van der Waals surface area contributed by atoms with E-state index in [2.05, 4.69) is 5.32 Å². The Balaban J connectivity index is 4.11. The molecular formula is C6H15NO6. The third-order valence-corrected chi connectivity index (χ3v) is 1.61. The fourth-order valence-electron chi connectivity index (χ4n) is 0.624. The van der Waals surface area contributed by atoms with Crippen molar-refractivity contribution in [3.63, 3.8) is 0 Å². The summed E-state index contributed by atoms with van der Waals surface area (Å²) >= 11 is 0. The summed E-state index contributed by atoms with van der Waals surface area (Å²) in [5, 5.41) is 53.9. The van der Waals surface area contributed by atoms with E-state index in [0.717, 1.165) is 0 Å². The molecule has 0 saturated carbocycles. The highest BCUT2D eigenvalue weighted by Crippen LogP contribution is 2.02. The molecule has 0 bridgehead atoms. The Morgan fingerprint density at radius 1 is 0.846 bits per heavy atom. The molecule has 0 rings (SSSR count). The summed E-state index contributed by atoms with van der Waals surface area (Å²) < 4.78 is 0. The summed E-state index contributed by atoms with van der Waals surface area (Å²) in [5.74, 6) is -2.94. The standard InChI is InChI=1S/C6H15NO6/c8-2-5(3-9,4-10)7-1-6(11,12)13/h7-13H,1-4H2. The van der Waals surface area contributed by atoms with Gasteiger partial charge in [0.15, 0.2) is 0 Å². The van der Waals surface area contributed by atoms with Crippen LogP contribution in [0.15, 0.2) is 0 Å². The second kappa shape index (κ2) is 4.82. The number of hydrogen-bond acceptors (Lipinski definition) is 7. The van der Waals surface area contributed by atoms with Crippen LogP contribution in [0.3, 0.4) is 0 Å². The Morgan fingerprint density at radius 2 is 1.23 bits per heavy atom. The summed E-state index contributed by atoms with van der Waals surface area (Å²) in [6, 6.07) is 0. The third-order valence-electron chi connectivity index (χ3n) is 1.61. The molecule has 7 nitrogen and oxygen atoms in total. The van der Waals surface area contributed by atoms with Gasteiger partial charge in [0.05, 0.1) is 31.9 Å². The molecule has 0 spiro atoms. The van der Waals surface area contributed by atoms with Crippen molar-refractivity contribution < 1.29 is 30.6 Å². The van der Waals surface area contributed by atoms with Gasteiger partial charge in [0.1, 0.15) is 0 Å². The van der Waals surface area contributed by atoms with Crippen LogP contribution in [0.4, 0.5) is 0 Å². The molecule has 0 aromatic heterocycles. The monoisotopic (exact) mass is 197 g/mol. The zero-order valence-electron chi connectivity index (χ0n) is 7.01. The van der Waals surface area contributed by atoms with Gasteiger partial charge in [-0.1, -0.05) is 0 Å². The molecule has 0 unspecified atom stereocenters. The van der Waals surface area contributed by atoms with Crippen LogP contribution in [-0.4, -0.2) is 68.5 Å². The molecule has 0 atom stereocenters. The molecule has 13 heavy (non-hydrogen) atoms. The molecule has 0 aliphatic rings. The number of nitrogens with one attached hydrogen (secondary N) is 1. The van der Waals surface area contributed by atoms with Gasteiger partial charge in [0, 0.05) is 0 Å². The zero-order valence-corrected chi connectivity index (χ0v) is 7.01. The highest BCUT2D eigenvalue weighted by molar-refractivity contribution is 4.86. The molecule has 80 valence electrons. The molecular weight excluding hydrogens is 182 g/mol. The van der Waals surface area contributed by atoms with Crippen LogP contribution in [0.5, 0.6) is 0 Å². The maximum atomic E-state index is 8.75. The number of β-amino-alcohol motifs (C(OH)–C–C–N with tert-alkyl or cyclic N) is 3. The van der Waals surface area contributed by atoms with Crippen molar-refractivity contribution in [2.45, 2.75) is 11.5 Å². The molecule has 0 radical (unpaired) electrons. The lowest BCUT2D eigenvalue weighted by Gasteiger charge is -2.30. The van der Waals surface area contributed by atoms with Crippen molar-refractivity contribution in [2.75, 3.05) is 26.4 Å². The van der Waals surface area contributed by atoms with E-state index in [1.54, 1.807) is 0 Å². The fourth-order valence-corrected chi connectivity index (χ4v) is 0.624. The van der Waals surface area contributed by atoms with Crippen molar-refractivity contribution in [2.24, 2.45) is 0 Å². The highest BCUT2D eigenvalue weighted by Gasteiger charge is 2.31. The molecule has 0 fully saturated rings. The quantitative estimate of drug-likeness (QED) is 0.215. The van der Waals surface area contributed by atoms with Gasteiger partial charge in [-0.25, -0.2) is 0 Å². The Labute approximate surface area is 74.9 Å². The first-order chi connectivity index (χ1) is 5.89. The summed E-state index contributed by atoms with van der Waals surface area (Å²) in [6.45, 7) is -2.50. The Morgan fingerprint density at radius 3 is 1.46 bits per heavy atom. The van der Waals surface area contributed by atoms with E-state index in [-0.39, 0.29) is 0 Å². The molecule has 0 aromatic carbocycles. The van der Waals surface area contributed by atoms with E-state index in [1.807, 2.05) is 0 Å². The number of hydrogen-bond donors (Lipinski definition) is 7. The van der Waals surface area contributed by atoms with E-state index in [1.165, 1.54) is 0 Å². The van der Waals surface area contributed by atoms with E-state index >= 15 is 0 Å². The molecule has 0 aromatic rings. The minimum absolute atomic E-state index is 0.601. The van der Waals surface area contributed by atoms with E-state index < -0.39 is 37.9 Å². The van der Waals surface area contributed by atoms with Crippen LogP contribution in [0.1, 0.15) is 0 Å². The van der Waals surface area contributed by atoms with Crippen molar-refractivity contribution in [1.29, 1.82) is 0 Å². The number of rotatable bonds is 6. The topological polar surface area (TPSA) is 133 Å². The first-order valence-corrected chi connectivity index (χ1v) is 3.64.